The van der Waals surface area contributed by atoms with Crippen LogP contribution in [-0.2, 0) is 6.18 Å². The van der Waals surface area contributed by atoms with E-state index in [4.69, 9.17) is 0 Å². The van der Waals surface area contributed by atoms with E-state index < -0.39 is 11.7 Å². The van der Waals surface area contributed by atoms with Crippen molar-refractivity contribution < 1.29 is 13.2 Å². The van der Waals surface area contributed by atoms with E-state index in [2.05, 4.69) is 11.2 Å². The monoisotopic (exact) mass is 185 g/mol. The SMILES string of the molecule is FC(F)(F)c1ccn2c[c]nc2c1. The molecule has 0 unspecified atom stereocenters. The van der Waals surface area contributed by atoms with E-state index in [1.54, 1.807) is 0 Å². The lowest BCUT2D eigenvalue weighted by atomic mass is 10.2. The summed E-state index contributed by atoms with van der Waals surface area (Å²) in [6.45, 7) is 0. The van der Waals surface area contributed by atoms with Gasteiger partial charge in [0.15, 0.2) is 0 Å². The number of hydrogen-bond acceptors (Lipinski definition) is 1. The van der Waals surface area contributed by atoms with Gasteiger partial charge in [0.2, 0.25) is 0 Å². The van der Waals surface area contributed by atoms with E-state index in [0.717, 1.165) is 12.1 Å². The average Bonchev–Trinajstić information content (AvgIpc) is 2.47. The number of hydrogen-bond donors (Lipinski definition) is 0. The van der Waals surface area contributed by atoms with Gasteiger partial charge in [-0.1, -0.05) is 0 Å². The Hall–Kier alpha value is -1.52. The number of fused-ring (bicyclic) bond motifs is 1. The van der Waals surface area contributed by atoms with E-state index in [0.29, 0.717) is 0 Å². The van der Waals surface area contributed by atoms with Crippen molar-refractivity contribution in [2.75, 3.05) is 0 Å². The van der Waals surface area contributed by atoms with E-state index in [1.807, 2.05) is 0 Å². The second-order valence-electron chi connectivity index (χ2n) is 2.55. The third-order valence-electron chi connectivity index (χ3n) is 1.67. The molecule has 0 aliphatic heterocycles. The Bertz CT molecular complexity index is 430. The molecule has 2 heterocycles. The van der Waals surface area contributed by atoms with E-state index in [9.17, 15) is 13.2 Å². The zero-order valence-electron chi connectivity index (χ0n) is 6.34. The predicted molar refractivity (Wildman–Crippen MR) is 39.0 cm³/mol. The average molecular weight is 185 g/mol. The molecule has 2 rings (SSSR count). The van der Waals surface area contributed by atoms with Crippen molar-refractivity contribution in [2.24, 2.45) is 0 Å². The largest absolute Gasteiger partial charge is 0.416 e. The summed E-state index contributed by atoms with van der Waals surface area (Å²) in [5, 5.41) is 0. The minimum atomic E-state index is -4.31. The third kappa shape index (κ3) is 1.37. The van der Waals surface area contributed by atoms with Crippen molar-refractivity contribution in [1.82, 2.24) is 9.38 Å². The number of pyridine rings is 1. The van der Waals surface area contributed by atoms with Crippen LogP contribution in [0.5, 0.6) is 0 Å². The first kappa shape index (κ1) is 8.10. The molecule has 0 aliphatic carbocycles. The molecule has 0 N–H and O–H groups in total. The summed E-state index contributed by atoms with van der Waals surface area (Å²) in [7, 11) is 0. The van der Waals surface area contributed by atoms with Gasteiger partial charge in [0, 0.05) is 12.4 Å². The number of nitrogens with zero attached hydrogens (tertiary/aromatic N) is 2. The summed E-state index contributed by atoms with van der Waals surface area (Å²) in [6.07, 6.45) is 0.925. The van der Waals surface area contributed by atoms with E-state index in [-0.39, 0.29) is 5.65 Å². The summed E-state index contributed by atoms with van der Waals surface area (Å²) in [6, 6.07) is 1.99. The number of halogens is 3. The Morgan fingerprint density at radius 1 is 1.38 bits per heavy atom. The highest BCUT2D eigenvalue weighted by atomic mass is 19.4. The maximum Gasteiger partial charge on any atom is 0.416 e. The van der Waals surface area contributed by atoms with Gasteiger partial charge >= 0.3 is 6.18 Å². The van der Waals surface area contributed by atoms with Crippen molar-refractivity contribution in [1.29, 1.82) is 0 Å². The fourth-order valence-electron chi connectivity index (χ4n) is 1.03. The molecule has 0 spiro atoms. The summed E-state index contributed by atoms with van der Waals surface area (Å²) < 4.78 is 38.0. The lowest BCUT2D eigenvalue weighted by Crippen LogP contribution is -2.05. The lowest BCUT2D eigenvalue weighted by Gasteiger charge is -2.05. The highest BCUT2D eigenvalue weighted by Gasteiger charge is 2.30. The highest BCUT2D eigenvalue weighted by molar-refractivity contribution is 5.41. The second-order valence-corrected chi connectivity index (χ2v) is 2.55. The molecule has 0 aromatic carbocycles. The highest BCUT2D eigenvalue weighted by Crippen LogP contribution is 2.29. The zero-order chi connectivity index (χ0) is 9.47. The van der Waals surface area contributed by atoms with Crippen LogP contribution in [0.1, 0.15) is 5.56 Å². The van der Waals surface area contributed by atoms with Crippen LogP contribution < -0.4 is 0 Å². The zero-order valence-corrected chi connectivity index (χ0v) is 6.34. The first-order valence-electron chi connectivity index (χ1n) is 3.49. The number of alkyl halides is 3. The first-order valence-corrected chi connectivity index (χ1v) is 3.49. The normalized spacial score (nSPS) is 12.2. The Kier molecular flexibility index (Phi) is 1.55. The molecule has 67 valence electrons. The van der Waals surface area contributed by atoms with Gasteiger partial charge in [0.1, 0.15) is 11.8 Å². The van der Waals surface area contributed by atoms with Crippen LogP contribution in [0.4, 0.5) is 13.2 Å². The van der Waals surface area contributed by atoms with Crippen LogP contribution >= 0.6 is 0 Å². The minimum absolute atomic E-state index is 0.245. The van der Waals surface area contributed by atoms with Crippen molar-refractivity contribution in [2.45, 2.75) is 6.18 Å². The van der Waals surface area contributed by atoms with Crippen molar-refractivity contribution in [3.63, 3.8) is 0 Å². The second kappa shape index (κ2) is 2.48. The maximum absolute atomic E-state index is 12.2. The van der Waals surface area contributed by atoms with Gasteiger partial charge < -0.3 is 4.40 Å². The van der Waals surface area contributed by atoms with Gasteiger partial charge in [0.25, 0.3) is 0 Å². The standard InChI is InChI=1S/C8H4F3N2/c9-8(10,11)6-1-3-13-4-2-12-7(13)5-6/h1,3-5H. The molecule has 0 saturated carbocycles. The quantitative estimate of drug-likeness (QED) is 0.614. The summed E-state index contributed by atoms with van der Waals surface area (Å²) in [5.41, 5.74) is -0.450. The van der Waals surface area contributed by atoms with Crippen LogP contribution in [-0.4, -0.2) is 9.38 Å². The van der Waals surface area contributed by atoms with E-state index in [1.165, 1.54) is 16.8 Å². The summed E-state index contributed by atoms with van der Waals surface area (Å²) >= 11 is 0. The van der Waals surface area contributed by atoms with Gasteiger partial charge in [-0.2, -0.15) is 13.2 Å². The molecule has 2 aromatic rings. The van der Waals surface area contributed by atoms with Crippen molar-refractivity contribution in [3.05, 3.63) is 36.3 Å². The minimum Gasteiger partial charge on any atom is -0.306 e. The molecular weight excluding hydrogens is 181 g/mol. The fourth-order valence-corrected chi connectivity index (χ4v) is 1.03. The molecule has 0 atom stereocenters. The number of imidazole rings is 1. The molecule has 0 aliphatic rings. The Morgan fingerprint density at radius 3 is 2.85 bits per heavy atom. The molecule has 0 amide bonds. The van der Waals surface area contributed by atoms with Crippen molar-refractivity contribution >= 4 is 5.65 Å². The molecule has 0 saturated heterocycles. The topological polar surface area (TPSA) is 17.3 Å². The molecular formula is C8H4F3N2. The number of rotatable bonds is 0. The first-order chi connectivity index (χ1) is 6.07. The van der Waals surface area contributed by atoms with Gasteiger partial charge in [-0.15, -0.1) is 0 Å². The molecule has 13 heavy (non-hydrogen) atoms. The van der Waals surface area contributed by atoms with E-state index >= 15 is 0 Å². The van der Waals surface area contributed by atoms with Gasteiger partial charge in [0.05, 0.1) is 5.56 Å². The Balaban J connectivity index is 2.61. The van der Waals surface area contributed by atoms with Crippen LogP contribution in [0.3, 0.4) is 0 Å². The Morgan fingerprint density at radius 2 is 2.15 bits per heavy atom. The van der Waals surface area contributed by atoms with Crippen LogP contribution in [0.2, 0.25) is 0 Å². The molecule has 0 bridgehead atoms. The molecule has 2 nitrogen and oxygen atoms in total. The van der Waals surface area contributed by atoms with Crippen LogP contribution in [0.15, 0.2) is 24.5 Å². The third-order valence-corrected chi connectivity index (χ3v) is 1.67. The van der Waals surface area contributed by atoms with Crippen molar-refractivity contribution in [3.8, 4) is 0 Å². The molecule has 0 fully saturated rings. The molecule has 2 aromatic heterocycles. The summed E-state index contributed by atoms with van der Waals surface area (Å²) in [4.78, 5) is 3.63. The van der Waals surface area contributed by atoms with Gasteiger partial charge in [-0.25, -0.2) is 4.98 Å². The van der Waals surface area contributed by atoms with Crippen LogP contribution in [0, 0.1) is 6.20 Å². The Labute approximate surface area is 71.6 Å². The fraction of sp³-hybridized carbons (Fsp3) is 0.125. The summed E-state index contributed by atoms with van der Waals surface area (Å²) in [5.74, 6) is 0. The predicted octanol–water partition coefficient (Wildman–Crippen LogP) is 2.15. The maximum atomic E-state index is 12.2. The molecule has 5 heteroatoms. The lowest BCUT2D eigenvalue weighted by molar-refractivity contribution is -0.137. The van der Waals surface area contributed by atoms with Gasteiger partial charge in [-0.3, -0.25) is 0 Å². The number of aromatic nitrogens is 2. The van der Waals surface area contributed by atoms with Gasteiger partial charge in [-0.05, 0) is 12.1 Å². The molecule has 1 radical (unpaired) electrons. The van der Waals surface area contributed by atoms with Crippen LogP contribution in [0.25, 0.3) is 5.65 Å². The smallest absolute Gasteiger partial charge is 0.306 e.